The average Bonchev–Trinajstić information content (AvgIpc) is 2.36. The minimum absolute atomic E-state index is 0.287. The van der Waals surface area contributed by atoms with E-state index in [-0.39, 0.29) is 5.56 Å². The zero-order valence-corrected chi connectivity index (χ0v) is 10.3. The lowest BCUT2D eigenvalue weighted by Gasteiger charge is -2.05. The highest BCUT2D eigenvalue weighted by Gasteiger charge is 2.30. The van der Waals surface area contributed by atoms with E-state index in [2.05, 4.69) is 16.8 Å². The van der Waals surface area contributed by atoms with E-state index in [1.54, 1.807) is 6.07 Å². The van der Waals surface area contributed by atoms with Gasteiger partial charge in [-0.05, 0) is 24.3 Å². The zero-order chi connectivity index (χ0) is 13.9. The molecule has 1 heterocycles. The van der Waals surface area contributed by atoms with Crippen LogP contribution in [-0.2, 0) is 6.18 Å². The fraction of sp³-hybridized carbons (Fsp3) is 0.0714. The molecule has 0 amide bonds. The van der Waals surface area contributed by atoms with Gasteiger partial charge < -0.3 is 0 Å². The number of hydrogen-bond acceptors (Lipinski definition) is 1. The van der Waals surface area contributed by atoms with Crippen molar-refractivity contribution in [3.05, 3.63) is 64.4 Å². The first-order chi connectivity index (χ1) is 8.95. The predicted octanol–water partition coefficient (Wildman–Crippen LogP) is 4.15. The summed E-state index contributed by atoms with van der Waals surface area (Å²) in [5.41, 5.74) is 0.114. The van der Waals surface area contributed by atoms with Crippen LogP contribution >= 0.6 is 11.6 Å². The van der Waals surface area contributed by atoms with Crippen molar-refractivity contribution >= 4 is 11.6 Å². The smallest absolute Gasteiger partial charge is 0.262 e. The molecule has 0 fully saturated rings. The molecule has 0 aliphatic carbocycles. The first-order valence-corrected chi connectivity index (χ1v) is 5.63. The molecule has 2 aromatic rings. The highest BCUT2D eigenvalue weighted by molar-refractivity contribution is 6.30. The molecule has 0 radical (unpaired) electrons. The van der Waals surface area contributed by atoms with Crippen LogP contribution in [0.15, 0.2) is 42.7 Å². The Hall–Kier alpha value is -1.99. The van der Waals surface area contributed by atoms with Gasteiger partial charge in [0.1, 0.15) is 0 Å². The van der Waals surface area contributed by atoms with E-state index in [9.17, 15) is 13.2 Å². The van der Waals surface area contributed by atoms with Crippen molar-refractivity contribution in [2.75, 3.05) is 0 Å². The van der Waals surface area contributed by atoms with Gasteiger partial charge in [0.05, 0.1) is 10.6 Å². The van der Waals surface area contributed by atoms with Crippen LogP contribution < -0.4 is 0 Å². The summed E-state index contributed by atoms with van der Waals surface area (Å²) in [5, 5.41) is 0.427. The van der Waals surface area contributed by atoms with Crippen LogP contribution in [0.4, 0.5) is 13.2 Å². The summed E-state index contributed by atoms with van der Waals surface area (Å²) in [6.45, 7) is 0. The standard InChI is InChI=1S/C14H7ClF3N/c15-13-7-11(8-19-9-13)5-4-10-2-1-3-12(6-10)14(16,17)18/h1-3,6-9H. The van der Waals surface area contributed by atoms with Gasteiger partial charge in [-0.3, -0.25) is 4.98 Å². The third-order valence-corrected chi connectivity index (χ3v) is 2.45. The summed E-state index contributed by atoms with van der Waals surface area (Å²) in [5.74, 6) is 5.37. The van der Waals surface area contributed by atoms with Gasteiger partial charge in [-0.1, -0.05) is 29.5 Å². The van der Waals surface area contributed by atoms with E-state index in [1.807, 2.05) is 0 Å². The van der Waals surface area contributed by atoms with Crippen molar-refractivity contribution in [1.82, 2.24) is 4.98 Å². The molecule has 0 aliphatic heterocycles. The fourth-order valence-electron chi connectivity index (χ4n) is 1.40. The van der Waals surface area contributed by atoms with Crippen LogP contribution in [0.5, 0.6) is 0 Å². The number of aromatic nitrogens is 1. The number of nitrogens with zero attached hydrogens (tertiary/aromatic N) is 1. The van der Waals surface area contributed by atoms with Gasteiger partial charge in [0.25, 0.3) is 0 Å². The van der Waals surface area contributed by atoms with Crippen LogP contribution in [0, 0.1) is 11.8 Å². The van der Waals surface area contributed by atoms with Gasteiger partial charge in [-0.25, -0.2) is 0 Å². The van der Waals surface area contributed by atoms with E-state index < -0.39 is 11.7 Å². The number of alkyl halides is 3. The van der Waals surface area contributed by atoms with E-state index >= 15 is 0 Å². The highest BCUT2D eigenvalue weighted by Crippen LogP contribution is 2.29. The molecule has 0 saturated heterocycles. The third-order valence-electron chi connectivity index (χ3n) is 2.25. The molecule has 0 atom stereocenters. The molecule has 1 aromatic carbocycles. The maximum absolute atomic E-state index is 12.5. The Balaban J connectivity index is 2.30. The Morgan fingerprint density at radius 3 is 2.42 bits per heavy atom. The van der Waals surface area contributed by atoms with E-state index in [1.165, 1.54) is 24.5 Å². The summed E-state index contributed by atoms with van der Waals surface area (Å²) >= 11 is 5.73. The Morgan fingerprint density at radius 2 is 1.74 bits per heavy atom. The highest BCUT2D eigenvalue weighted by atomic mass is 35.5. The summed E-state index contributed by atoms with van der Waals surface area (Å²) < 4.78 is 37.5. The van der Waals surface area contributed by atoms with Crippen LogP contribution in [0.2, 0.25) is 5.02 Å². The summed E-state index contributed by atoms with van der Waals surface area (Å²) in [6, 6.07) is 6.44. The van der Waals surface area contributed by atoms with Gasteiger partial charge in [0.2, 0.25) is 0 Å². The normalized spacial score (nSPS) is 10.7. The van der Waals surface area contributed by atoms with Gasteiger partial charge in [0.15, 0.2) is 0 Å². The molecule has 0 bridgehead atoms. The molecule has 0 N–H and O–H groups in total. The summed E-state index contributed by atoms with van der Waals surface area (Å²) in [7, 11) is 0. The maximum Gasteiger partial charge on any atom is 0.416 e. The van der Waals surface area contributed by atoms with Crippen LogP contribution in [0.3, 0.4) is 0 Å². The SMILES string of the molecule is FC(F)(F)c1cccc(C#Cc2cncc(Cl)c2)c1. The minimum Gasteiger partial charge on any atom is -0.262 e. The minimum atomic E-state index is -4.37. The molecular weight excluding hydrogens is 275 g/mol. The number of hydrogen-bond donors (Lipinski definition) is 0. The lowest BCUT2D eigenvalue weighted by molar-refractivity contribution is -0.137. The van der Waals surface area contributed by atoms with Crippen molar-refractivity contribution in [3.8, 4) is 11.8 Å². The molecular formula is C14H7ClF3N. The van der Waals surface area contributed by atoms with E-state index in [4.69, 9.17) is 11.6 Å². The van der Waals surface area contributed by atoms with Gasteiger partial charge >= 0.3 is 6.18 Å². The maximum atomic E-state index is 12.5. The van der Waals surface area contributed by atoms with Gasteiger partial charge in [-0.2, -0.15) is 13.2 Å². The second-order valence-electron chi connectivity index (χ2n) is 3.72. The van der Waals surface area contributed by atoms with Gasteiger partial charge in [-0.15, -0.1) is 0 Å². The number of benzene rings is 1. The van der Waals surface area contributed by atoms with Crippen molar-refractivity contribution in [3.63, 3.8) is 0 Å². The number of pyridine rings is 1. The second kappa shape index (κ2) is 5.33. The Morgan fingerprint density at radius 1 is 1.00 bits per heavy atom. The third kappa shape index (κ3) is 3.73. The van der Waals surface area contributed by atoms with Crippen LogP contribution in [0.1, 0.15) is 16.7 Å². The molecule has 0 aliphatic rings. The zero-order valence-electron chi connectivity index (χ0n) is 9.50. The van der Waals surface area contributed by atoms with Crippen molar-refractivity contribution in [1.29, 1.82) is 0 Å². The van der Waals surface area contributed by atoms with Crippen molar-refractivity contribution in [2.45, 2.75) is 6.18 Å². The van der Waals surface area contributed by atoms with Crippen LogP contribution in [0.25, 0.3) is 0 Å². The number of rotatable bonds is 0. The molecule has 1 nitrogen and oxygen atoms in total. The summed E-state index contributed by atoms with van der Waals surface area (Å²) in [6.07, 6.45) is -1.42. The summed E-state index contributed by atoms with van der Waals surface area (Å²) in [4.78, 5) is 3.84. The first kappa shape index (κ1) is 13.4. The number of halogens is 4. The quantitative estimate of drug-likeness (QED) is 0.661. The predicted molar refractivity (Wildman–Crippen MR) is 66.7 cm³/mol. The van der Waals surface area contributed by atoms with Gasteiger partial charge in [0, 0.05) is 23.5 Å². The monoisotopic (exact) mass is 281 g/mol. The first-order valence-electron chi connectivity index (χ1n) is 5.25. The molecule has 1 aromatic heterocycles. The molecule has 2 rings (SSSR count). The lowest BCUT2D eigenvalue weighted by Crippen LogP contribution is -2.04. The average molecular weight is 282 g/mol. The lowest BCUT2D eigenvalue weighted by atomic mass is 10.1. The molecule has 0 unspecified atom stereocenters. The largest absolute Gasteiger partial charge is 0.416 e. The van der Waals surface area contributed by atoms with E-state index in [0.29, 0.717) is 10.6 Å². The fourth-order valence-corrected chi connectivity index (χ4v) is 1.57. The molecule has 0 spiro atoms. The molecule has 19 heavy (non-hydrogen) atoms. The van der Waals surface area contributed by atoms with Crippen molar-refractivity contribution < 1.29 is 13.2 Å². The molecule has 96 valence electrons. The van der Waals surface area contributed by atoms with E-state index in [0.717, 1.165) is 12.1 Å². The topological polar surface area (TPSA) is 12.9 Å². The second-order valence-corrected chi connectivity index (χ2v) is 4.16. The Labute approximate surface area is 113 Å². The molecule has 5 heteroatoms. The van der Waals surface area contributed by atoms with Crippen LogP contribution in [-0.4, -0.2) is 4.98 Å². The Bertz CT molecular complexity index is 653. The van der Waals surface area contributed by atoms with Crippen molar-refractivity contribution in [2.24, 2.45) is 0 Å². The molecule has 0 saturated carbocycles. The Kier molecular flexibility index (Phi) is 3.77.